The average molecular weight is 381 g/mol. The van der Waals surface area contributed by atoms with Crippen LogP contribution in [0.3, 0.4) is 0 Å². The zero-order valence-corrected chi connectivity index (χ0v) is 14.3. The fourth-order valence-electron chi connectivity index (χ4n) is 1.60. The number of anilines is 1. The van der Waals surface area contributed by atoms with Crippen LogP contribution in [0, 0.1) is 6.92 Å². The van der Waals surface area contributed by atoms with E-state index in [1.165, 1.54) is 17.5 Å². The first-order valence-corrected chi connectivity index (χ1v) is 8.95. The van der Waals surface area contributed by atoms with Crippen LogP contribution in [0.15, 0.2) is 22.4 Å². The van der Waals surface area contributed by atoms with Crippen molar-refractivity contribution in [3.8, 4) is 0 Å². The number of thiazole rings is 1. The van der Waals surface area contributed by atoms with E-state index in [1.54, 1.807) is 6.92 Å². The van der Waals surface area contributed by atoms with Gasteiger partial charge in [-0.3, -0.25) is 9.52 Å². The van der Waals surface area contributed by atoms with Crippen molar-refractivity contribution in [2.45, 2.75) is 18.2 Å². The van der Waals surface area contributed by atoms with E-state index >= 15 is 0 Å². The van der Waals surface area contributed by atoms with Crippen LogP contribution in [0.5, 0.6) is 0 Å². The number of halogens is 2. The number of carboxylic acids is 1. The first kappa shape index (κ1) is 17.0. The van der Waals surface area contributed by atoms with E-state index in [2.05, 4.69) is 9.71 Å². The van der Waals surface area contributed by atoms with Gasteiger partial charge in [0.05, 0.1) is 17.1 Å². The van der Waals surface area contributed by atoms with E-state index in [-0.39, 0.29) is 27.2 Å². The van der Waals surface area contributed by atoms with Gasteiger partial charge in [0, 0.05) is 10.4 Å². The molecule has 0 bridgehead atoms. The van der Waals surface area contributed by atoms with Crippen molar-refractivity contribution < 1.29 is 18.3 Å². The number of carboxylic acid groups (broad SMARTS) is 1. The van der Waals surface area contributed by atoms with Gasteiger partial charge in [-0.15, -0.1) is 11.3 Å². The number of aliphatic carboxylic acids is 1. The highest BCUT2D eigenvalue weighted by atomic mass is 35.5. The molecule has 0 spiro atoms. The third-order valence-corrected chi connectivity index (χ3v) is 5.76. The molecule has 1 aromatic carbocycles. The summed E-state index contributed by atoms with van der Waals surface area (Å²) < 4.78 is 26.9. The van der Waals surface area contributed by atoms with Crippen molar-refractivity contribution in [3.63, 3.8) is 0 Å². The van der Waals surface area contributed by atoms with Crippen LogP contribution in [0.25, 0.3) is 0 Å². The first-order chi connectivity index (χ1) is 10.2. The molecule has 1 aromatic heterocycles. The van der Waals surface area contributed by atoms with Crippen LogP contribution >= 0.6 is 34.5 Å². The zero-order chi connectivity index (χ0) is 16.5. The molecule has 0 unspecified atom stereocenters. The Bertz CT molecular complexity index is 834. The molecule has 0 saturated heterocycles. The van der Waals surface area contributed by atoms with Gasteiger partial charge in [0.2, 0.25) is 0 Å². The Morgan fingerprint density at radius 2 is 2.05 bits per heavy atom. The molecule has 2 rings (SSSR count). The number of carbonyl (C=O) groups is 1. The number of aryl methyl sites for hydroxylation is 1. The van der Waals surface area contributed by atoms with Gasteiger partial charge in [0.25, 0.3) is 10.0 Å². The summed E-state index contributed by atoms with van der Waals surface area (Å²) in [4.78, 5) is 14.4. The second kappa shape index (κ2) is 6.41. The molecule has 10 heteroatoms. The summed E-state index contributed by atoms with van der Waals surface area (Å²) in [5.74, 6) is -1.05. The number of aromatic nitrogens is 1. The van der Waals surface area contributed by atoms with E-state index in [1.807, 2.05) is 0 Å². The topological polar surface area (TPSA) is 96.4 Å². The molecule has 0 aliphatic heterocycles. The molecule has 1 heterocycles. The maximum atomic E-state index is 12.3. The summed E-state index contributed by atoms with van der Waals surface area (Å²) in [7, 11) is -3.94. The molecule has 0 saturated carbocycles. The van der Waals surface area contributed by atoms with E-state index < -0.39 is 16.0 Å². The van der Waals surface area contributed by atoms with Crippen molar-refractivity contribution in [1.29, 1.82) is 0 Å². The Morgan fingerprint density at radius 3 is 2.68 bits per heavy atom. The normalized spacial score (nSPS) is 11.4. The van der Waals surface area contributed by atoms with Crippen molar-refractivity contribution >= 4 is 55.7 Å². The van der Waals surface area contributed by atoms with Crippen LogP contribution in [0.2, 0.25) is 10.0 Å². The number of nitrogens with one attached hydrogen (secondary N) is 1. The van der Waals surface area contributed by atoms with Gasteiger partial charge in [0.1, 0.15) is 4.90 Å². The van der Waals surface area contributed by atoms with Gasteiger partial charge in [-0.2, -0.15) is 0 Å². The molecule has 0 aliphatic carbocycles. The van der Waals surface area contributed by atoms with E-state index in [0.29, 0.717) is 10.6 Å². The lowest BCUT2D eigenvalue weighted by atomic mass is 10.2. The summed E-state index contributed by atoms with van der Waals surface area (Å²) in [6, 6.07) is 2.71. The van der Waals surface area contributed by atoms with E-state index in [9.17, 15) is 13.2 Å². The summed E-state index contributed by atoms with van der Waals surface area (Å²) in [6.45, 7) is 1.66. The molecule has 0 fully saturated rings. The van der Waals surface area contributed by atoms with Crippen molar-refractivity contribution in [2.75, 3.05) is 4.72 Å². The van der Waals surface area contributed by atoms with Gasteiger partial charge >= 0.3 is 5.97 Å². The quantitative estimate of drug-likeness (QED) is 0.829. The second-order valence-corrected chi connectivity index (χ2v) is 7.68. The molecule has 0 amide bonds. The van der Waals surface area contributed by atoms with Gasteiger partial charge < -0.3 is 5.11 Å². The molecular formula is C12H10Cl2N2O4S2. The number of rotatable bonds is 5. The highest BCUT2D eigenvalue weighted by Gasteiger charge is 2.21. The number of nitrogens with zero attached hydrogens (tertiary/aromatic N) is 1. The monoisotopic (exact) mass is 380 g/mol. The number of benzene rings is 1. The minimum atomic E-state index is -3.94. The third kappa shape index (κ3) is 3.89. The van der Waals surface area contributed by atoms with Crippen LogP contribution in [0.4, 0.5) is 5.13 Å². The summed E-state index contributed by atoms with van der Waals surface area (Å²) >= 11 is 12.8. The molecule has 22 heavy (non-hydrogen) atoms. The SMILES string of the molecule is Cc1cc(S(=O)(=O)Nc2nc(CC(=O)O)cs2)c(Cl)cc1Cl. The Morgan fingerprint density at radius 1 is 1.36 bits per heavy atom. The van der Waals surface area contributed by atoms with Gasteiger partial charge in [0.15, 0.2) is 5.13 Å². The van der Waals surface area contributed by atoms with Gasteiger partial charge in [-0.1, -0.05) is 23.2 Å². The highest BCUT2D eigenvalue weighted by Crippen LogP contribution is 2.30. The largest absolute Gasteiger partial charge is 0.481 e. The van der Waals surface area contributed by atoms with Crippen LogP contribution in [-0.4, -0.2) is 24.5 Å². The Hall–Kier alpha value is -1.35. The number of hydrogen-bond acceptors (Lipinski definition) is 5. The predicted octanol–water partition coefficient (Wildman–Crippen LogP) is 3.19. The van der Waals surface area contributed by atoms with Crippen LogP contribution < -0.4 is 4.72 Å². The lowest BCUT2D eigenvalue weighted by molar-refractivity contribution is -0.136. The maximum Gasteiger partial charge on any atom is 0.309 e. The first-order valence-electron chi connectivity index (χ1n) is 5.83. The maximum absolute atomic E-state index is 12.3. The molecule has 118 valence electrons. The van der Waals surface area contributed by atoms with Crippen molar-refractivity contribution in [3.05, 3.63) is 38.8 Å². The number of sulfonamides is 1. The Balaban J connectivity index is 2.30. The Labute approximate surface area is 140 Å². The second-order valence-electron chi connectivity index (χ2n) is 4.35. The van der Waals surface area contributed by atoms with E-state index in [4.69, 9.17) is 28.3 Å². The average Bonchev–Trinajstić information content (AvgIpc) is 2.79. The molecule has 2 N–H and O–H groups in total. The fraction of sp³-hybridized carbons (Fsp3) is 0.167. The van der Waals surface area contributed by atoms with E-state index in [0.717, 1.165) is 11.3 Å². The van der Waals surface area contributed by atoms with Crippen molar-refractivity contribution in [1.82, 2.24) is 4.98 Å². The number of hydrogen-bond donors (Lipinski definition) is 2. The van der Waals surface area contributed by atoms with Gasteiger partial charge in [-0.25, -0.2) is 13.4 Å². The van der Waals surface area contributed by atoms with Crippen LogP contribution in [0.1, 0.15) is 11.3 Å². The summed E-state index contributed by atoms with van der Waals surface area (Å²) in [6.07, 6.45) is -0.279. The highest BCUT2D eigenvalue weighted by molar-refractivity contribution is 7.93. The van der Waals surface area contributed by atoms with Crippen molar-refractivity contribution in [2.24, 2.45) is 0 Å². The predicted molar refractivity (Wildman–Crippen MR) is 85.5 cm³/mol. The molecule has 0 atom stereocenters. The smallest absolute Gasteiger partial charge is 0.309 e. The van der Waals surface area contributed by atoms with Crippen LogP contribution in [-0.2, 0) is 21.2 Å². The fourth-order valence-corrected chi connectivity index (χ4v) is 4.39. The lowest BCUT2D eigenvalue weighted by Crippen LogP contribution is -2.14. The molecule has 0 radical (unpaired) electrons. The molecule has 0 aliphatic rings. The van der Waals surface area contributed by atoms with Gasteiger partial charge in [-0.05, 0) is 24.6 Å². The third-order valence-electron chi connectivity index (χ3n) is 2.61. The summed E-state index contributed by atoms with van der Waals surface area (Å²) in [5.41, 5.74) is 0.839. The summed E-state index contributed by atoms with van der Waals surface area (Å²) in [5, 5.41) is 10.6. The Kier molecular flexibility index (Phi) is 4.96. The molecule has 2 aromatic rings. The minimum Gasteiger partial charge on any atom is -0.481 e. The zero-order valence-electron chi connectivity index (χ0n) is 11.1. The minimum absolute atomic E-state index is 0.00887. The molecule has 6 nitrogen and oxygen atoms in total. The standard InChI is InChI=1S/C12H10Cl2N2O4S2/c1-6-2-10(9(14)4-8(6)13)22(19,20)16-12-15-7(5-21-12)3-11(17)18/h2,4-5H,3H2,1H3,(H,15,16)(H,17,18). The lowest BCUT2D eigenvalue weighted by Gasteiger charge is -2.09. The molecular weight excluding hydrogens is 371 g/mol.